The third-order valence-corrected chi connectivity index (χ3v) is 3.00. The van der Waals surface area contributed by atoms with Gasteiger partial charge in [0, 0.05) is 0 Å². The van der Waals surface area contributed by atoms with Crippen LogP contribution >= 0.6 is 0 Å². The van der Waals surface area contributed by atoms with Gasteiger partial charge in [-0.3, -0.25) is 0 Å². The number of hydrogen-bond donors (Lipinski definition) is 0. The minimum absolute atomic E-state index is 0.189. The first-order valence-corrected chi connectivity index (χ1v) is 6.73. The Morgan fingerprint density at radius 3 is 2.39 bits per heavy atom. The highest BCUT2D eigenvalue weighted by atomic mass is 17.3. The fourth-order valence-corrected chi connectivity index (χ4v) is 1.84. The van der Waals surface area contributed by atoms with E-state index in [1.165, 1.54) is 0 Å². The van der Waals surface area contributed by atoms with Gasteiger partial charge >= 0.3 is 5.97 Å². The van der Waals surface area contributed by atoms with E-state index < -0.39 is 11.2 Å². The van der Waals surface area contributed by atoms with Crippen molar-refractivity contribution in [3.63, 3.8) is 0 Å². The lowest BCUT2D eigenvalue weighted by Crippen LogP contribution is -2.61. The maximum atomic E-state index is 12.0. The molecule has 1 aliphatic heterocycles. The standard InChI is InChI=1S/C14H26O4/c1-10(2)8-7-9-11-14(6,18-17-11)12(15)16-13(3,4)5/h10-11H,7-9H2,1-6H3. The van der Waals surface area contributed by atoms with Gasteiger partial charge in [0.2, 0.25) is 5.60 Å². The maximum absolute atomic E-state index is 12.0. The zero-order valence-electron chi connectivity index (χ0n) is 12.4. The van der Waals surface area contributed by atoms with Gasteiger partial charge in [-0.15, -0.1) is 0 Å². The number of carbonyl (C=O) groups excluding carboxylic acids is 1. The largest absolute Gasteiger partial charge is 0.458 e. The van der Waals surface area contributed by atoms with Crippen LogP contribution in [0.15, 0.2) is 0 Å². The van der Waals surface area contributed by atoms with Gasteiger partial charge in [0.1, 0.15) is 11.7 Å². The van der Waals surface area contributed by atoms with Crippen LogP contribution < -0.4 is 0 Å². The third-order valence-electron chi connectivity index (χ3n) is 3.00. The lowest BCUT2D eigenvalue weighted by Gasteiger charge is -2.43. The smallest absolute Gasteiger partial charge is 0.344 e. The Bertz CT molecular complexity index is 293. The number of carbonyl (C=O) groups is 1. The highest BCUT2D eigenvalue weighted by molar-refractivity contribution is 5.80. The molecule has 0 aromatic rings. The van der Waals surface area contributed by atoms with E-state index in [0.29, 0.717) is 5.92 Å². The van der Waals surface area contributed by atoms with Crippen LogP contribution in [0.4, 0.5) is 0 Å². The van der Waals surface area contributed by atoms with Crippen molar-refractivity contribution >= 4 is 5.97 Å². The molecule has 2 atom stereocenters. The van der Waals surface area contributed by atoms with Crippen LogP contribution in [0.3, 0.4) is 0 Å². The molecule has 4 nitrogen and oxygen atoms in total. The molecule has 1 aliphatic rings. The Hall–Kier alpha value is -0.610. The minimum atomic E-state index is -0.940. The molecule has 4 heteroatoms. The number of rotatable bonds is 5. The summed E-state index contributed by atoms with van der Waals surface area (Å²) < 4.78 is 5.36. The van der Waals surface area contributed by atoms with E-state index in [1.54, 1.807) is 6.92 Å². The van der Waals surface area contributed by atoms with Crippen molar-refractivity contribution in [1.82, 2.24) is 0 Å². The first kappa shape index (κ1) is 15.4. The van der Waals surface area contributed by atoms with Crippen LogP contribution in [0.1, 0.15) is 60.8 Å². The molecule has 0 N–H and O–H groups in total. The number of hydrogen-bond acceptors (Lipinski definition) is 4. The molecule has 1 rings (SSSR count). The zero-order chi connectivity index (χ0) is 14.0. The van der Waals surface area contributed by atoms with Gasteiger partial charge in [-0.1, -0.05) is 26.7 Å². The molecule has 2 unspecified atom stereocenters. The van der Waals surface area contributed by atoms with Gasteiger partial charge in [-0.25, -0.2) is 14.6 Å². The maximum Gasteiger partial charge on any atom is 0.344 e. The predicted octanol–water partition coefficient (Wildman–Crippen LogP) is 3.24. The monoisotopic (exact) mass is 258 g/mol. The van der Waals surface area contributed by atoms with Crippen LogP contribution in [0.2, 0.25) is 0 Å². The summed E-state index contributed by atoms with van der Waals surface area (Å²) in [7, 11) is 0. The predicted molar refractivity (Wildman–Crippen MR) is 68.9 cm³/mol. The SMILES string of the molecule is CC(C)CCCC1OOC1(C)C(=O)OC(C)(C)C. The van der Waals surface area contributed by atoms with Crippen molar-refractivity contribution in [3.05, 3.63) is 0 Å². The Morgan fingerprint density at radius 2 is 2.00 bits per heavy atom. The summed E-state index contributed by atoms with van der Waals surface area (Å²) in [6, 6.07) is 0. The van der Waals surface area contributed by atoms with Crippen molar-refractivity contribution in [1.29, 1.82) is 0 Å². The van der Waals surface area contributed by atoms with Gasteiger partial charge in [-0.05, 0) is 40.0 Å². The summed E-state index contributed by atoms with van der Waals surface area (Å²) in [6.45, 7) is 11.7. The van der Waals surface area contributed by atoms with E-state index >= 15 is 0 Å². The van der Waals surface area contributed by atoms with Crippen LogP contribution in [0, 0.1) is 5.92 Å². The molecule has 0 spiro atoms. The van der Waals surface area contributed by atoms with Crippen LogP contribution in [0.25, 0.3) is 0 Å². The molecule has 1 fully saturated rings. The lowest BCUT2D eigenvalue weighted by molar-refractivity contribution is -0.494. The van der Waals surface area contributed by atoms with E-state index in [9.17, 15) is 4.79 Å². The fraction of sp³-hybridized carbons (Fsp3) is 0.929. The molecule has 1 saturated heterocycles. The molecule has 0 aromatic heterocycles. The van der Waals surface area contributed by atoms with Crippen molar-refractivity contribution in [2.45, 2.75) is 78.1 Å². The zero-order valence-corrected chi connectivity index (χ0v) is 12.4. The second kappa shape index (κ2) is 5.57. The van der Waals surface area contributed by atoms with Gasteiger partial charge in [0.05, 0.1) is 0 Å². The molecule has 0 aromatic carbocycles. The van der Waals surface area contributed by atoms with Gasteiger partial charge in [-0.2, -0.15) is 0 Å². The Kier molecular flexibility index (Phi) is 4.78. The van der Waals surface area contributed by atoms with Crippen molar-refractivity contribution in [3.8, 4) is 0 Å². The average molecular weight is 258 g/mol. The first-order valence-electron chi connectivity index (χ1n) is 6.73. The molecular weight excluding hydrogens is 232 g/mol. The van der Waals surface area contributed by atoms with E-state index in [-0.39, 0.29) is 12.1 Å². The molecule has 1 heterocycles. The molecule has 0 radical (unpaired) electrons. The van der Waals surface area contributed by atoms with Gasteiger partial charge in [0.25, 0.3) is 0 Å². The Morgan fingerprint density at radius 1 is 1.39 bits per heavy atom. The summed E-state index contributed by atoms with van der Waals surface area (Å²) in [4.78, 5) is 22.1. The highest BCUT2D eigenvalue weighted by Crippen LogP contribution is 2.35. The van der Waals surface area contributed by atoms with Crippen molar-refractivity contribution in [2.24, 2.45) is 5.92 Å². The van der Waals surface area contributed by atoms with E-state index in [2.05, 4.69) is 13.8 Å². The summed E-state index contributed by atoms with van der Waals surface area (Å²) in [5.74, 6) is 0.328. The van der Waals surface area contributed by atoms with Gasteiger partial charge < -0.3 is 4.74 Å². The third kappa shape index (κ3) is 3.95. The number of ether oxygens (including phenoxy) is 1. The van der Waals surface area contributed by atoms with Crippen molar-refractivity contribution in [2.75, 3.05) is 0 Å². The normalized spacial score (nSPS) is 28.1. The minimum Gasteiger partial charge on any atom is -0.458 e. The molecule has 0 saturated carbocycles. The van der Waals surface area contributed by atoms with E-state index in [0.717, 1.165) is 19.3 Å². The topological polar surface area (TPSA) is 44.8 Å². The second-order valence-electron chi connectivity index (χ2n) is 6.60. The molecule has 106 valence electrons. The molecule has 0 amide bonds. The number of esters is 1. The fourth-order valence-electron chi connectivity index (χ4n) is 1.84. The molecular formula is C14H26O4. The van der Waals surface area contributed by atoms with Crippen molar-refractivity contribution < 1.29 is 19.3 Å². The summed E-state index contributed by atoms with van der Waals surface area (Å²) in [6.07, 6.45) is 2.80. The van der Waals surface area contributed by atoms with Gasteiger partial charge in [0.15, 0.2) is 0 Å². The van der Waals surface area contributed by atoms with Crippen LogP contribution in [-0.4, -0.2) is 23.3 Å². The molecule has 0 aliphatic carbocycles. The first-order chi connectivity index (χ1) is 8.15. The Balaban J connectivity index is 2.46. The second-order valence-corrected chi connectivity index (χ2v) is 6.60. The average Bonchev–Trinajstić information content (AvgIpc) is 2.18. The Labute approximate surface area is 110 Å². The van der Waals surface area contributed by atoms with E-state index in [1.807, 2.05) is 20.8 Å². The summed E-state index contributed by atoms with van der Waals surface area (Å²) in [5, 5.41) is 0. The summed E-state index contributed by atoms with van der Waals surface area (Å²) in [5.41, 5.74) is -1.44. The summed E-state index contributed by atoms with van der Waals surface area (Å²) >= 11 is 0. The lowest BCUT2D eigenvalue weighted by atomic mass is 9.91. The quantitative estimate of drug-likeness (QED) is 0.561. The molecule has 0 bridgehead atoms. The van der Waals surface area contributed by atoms with Crippen LogP contribution in [0.5, 0.6) is 0 Å². The highest BCUT2D eigenvalue weighted by Gasteiger charge is 2.55. The van der Waals surface area contributed by atoms with E-state index in [4.69, 9.17) is 14.5 Å². The van der Waals surface area contributed by atoms with Crippen LogP contribution in [-0.2, 0) is 19.3 Å². The molecule has 18 heavy (non-hydrogen) atoms.